The average Bonchev–Trinajstić information content (AvgIpc) is 2.67. The highest BCUT2D eigenvalue weighted by atomic mass is 16.3. The van der Waals surface area contributed by atoms with Crippen LogP contribution in [-0.2, 0) is 0 Å². The van der Waals surface area contributed by atoms with Gasteiger partial charge in [-0.1, -0.05) is 64.8 Å². The summed E-state index contributed by atoms with van der Waals surface area (Å²) in [6.07, 6.45) is 12.1. The Morgan fingerprint density at radius 3 is 2.52 bits per heavy atom. The van der Waals surface area contributed by atoms with Crippen molar-refractivity contribution >= 4 is 0 Å². The lowest BCUT2D eigenvalue weighted by atomic mass is 9.56. The van der Waals surface area contributed by atoms with E-state index in [0.717, 1.165) is 43.3 Å². The van der Waals surface area contributed by atoms with E-state index in [-0.39, 0.29) is 5.41 Å². The minimum absolute atomic E-state index is 0.272. The Balaban J connectivity index is 2.17. The van der Waals surface area contributed by atoms with Crippen molar-refractivity contribution < 1.29 is 15.3 Å². The van der Waals surface area contributed by atoms with Gasteiger partial charge in [0.15, 0.2) is 0 Å². The second-order valence-corrected chi connectivity index (χ2v) is 11.4. The van der Waals surface area contributed by atoms with Crippen LogP contribution in [0.15, 0.2) is 35.5 Å². The standard InChI is InChI=1S/C28H48O3/c1-8-25-22(13-14-23-17-24(29)18-26(30)20(23)3)12-10-16-28(25,7)21(4)19(2)11-9-15-27(5,6)31/h13-14,19,21,24-26,29-31H,3,8-12,15-18H2,1-2,4-7H3/b22-13+,23-14-/t19?,21-,24?,25+,26+,28?/m1/s1. The SMILES string of the molecule is C=C1/C(=C\C=C2/CCCC(C)([C@H](C)C(C)CCCC(C)(C)O)[C@H]2CC)CC(O)C[C@@H]1O. The van der Waals surface area contributed by atoms with Gasteiger partial charge in [0.05, 0.1) is 17.8 Å². The molecule has 2 aliphatic rings. The molecule has 3 heteroatoms. The van der Waals surface area contributed by atoms with E-state index in [9.17, 15) is 15.3 Å². The molecule has 0 spiro atoms. The van der Waals surface area contributed by atoms with Crippen LogP contribution in [0, 0.1) is 23.2 Å². The molecule has 0 saturated heterocycles. The smallest absolute Gasteiger partial charge is 0.0811 e. The molecule has 0 aromatic rings. The summed E-state index contributed by atoms with van der Waals surface area (Å²) in [5, 5.41) is 30.3. The van der Waals surface area contributed by atoms with Crippen LogP contribution >= 0.6 is 0 Å². The minimum Gasteiger partial charge on any atom is -0.393 e. The van der Waals surface area contributed by atoms with Crippen LogP contribution in [0.2, 0.25) is 0 Å². The van der Waals surface area contributed by atoms with Crippen molar-refractivity contribution in [3.05, 3.63) is 35.5 Å². The highest BCUT2D eigenvalue weighted by Gasteiger charge is 2.43. The second-order valence-electron chi connectivity index (χ2n) is 11.4. The third-order valence-electron chi connectivity index (χ3n) is 8.44. The Morgan fingerprint density at radius 1 is 1.23 bits per heavy atom. The van der Waals surface area contributed by atoms with Crippen molar-refractivity contribution in [1.82, 2.24) is 0 Å². The number of aliphatic hydroxyl groups excluding tert-OH is 2. The van der Waals surface area contributed by atoms with Crippen molar-refractivity contribution in [2.24, 2.45) is 23.2 Å². The molecule has 2 saturated carbocycles. The van der Waals surface area contributed by atoms with Crippen LogP contribution in [-0.4, -0.2) is 33.1 Å². The summed E-state index contributed by atoms with van der Waals surface area (Å²) in [4.78, 5) is 0. The van der Waals surface area contributed by atoms with E-state index in [1.807, 2.05) is 13.8 Å². The maximum Gasteiger partial charge on any atom is 0.0811 e. The summed E-state index contributed by atoms with van der Waals surface area (Å²) in [6, 6.07) is 0. The molecule has 178 valence electrons. The van der Waals surface area contributed by atoms with Crippen molar-refractivity contribution in [2.45, 2.75) is 117 Å². The summed E-state index contributed by atoms with van der Waals surface area (Å²) < 4.78 is 0. The predicted octanol–water partition coefficient (Wildman–Crippen LogP) is 6.34. The van der Waals surface area contributed by atoms with Crippen molar-refractivity contribution in [3.8, 4) is 0 Å². The zero-order chi connectivity index (χ0) is 23.4. The molecule has 2 fully saturated rings. The van der Waals surface area contributed by atoms with Crippen molar-refractivity contribution in [1.29, 1.82) is 0 Å². The van der Waals surface area contributed by atoms with Crippen molar-refractivity contribution in [2.75, 3.05) is 0 Å². The van der Waals surface area contributed by atoms with Gasteiger partial charge in [-0.15, -0.1) is 0 Å². The Hall–Kier alpha value is -0.900. The molecule has 0 bridgehead atoms. The molecule has 0 aliphatic heterocycles. The molecule has 3 N–H and O–H groups in total. The van der Waals surface area contributed by atoms with Gasteiger partial charge >= 0.3 is 0 Å². The minimum atomic E-state index is -0.628. The average molecular weight is 433 g/mol. The maximum atomic E-state index is 10.2. The fourth-order valence-electron chi connectivity index (χ4n) is 6.14. The summed E-state index contributed by atoms with van der Waals surface area (Å²) in [5.74, 6) is 1.79. The molecule has 0 aromatic heterocycles. The predicted molar refractivity (Wildman–Crippen MR) is 131 cm³/mol. The van der Waals surface area contributed by atoms with E-state index in [0.29, 0.717) is 30.6 Å². The molecule has 31 heavy (non-hydrogen) atoms. The molecule has 0 amide bonds. The van der Waals surface area contributed by atoms with Gasteiger partial charge in [-0.25, -0.2) is 0 Å². The van der Waals surface area contributed by atoms with Crippen molar-refractivity contribution in [3.63, 3.8) is 0 Å². The lowest BCUT2D eigenvalue weighted by molar-refractivity contribution is 0.0402. The third kappa shape index (κ3) is 6.79. The number of aliphatic hydroxyl groups is 3. The first-order valence-electron chi connectivity index (χ1n) is 12.6. The topological polar surface area (TPSA) is 60.7 Å². The Bertz CT molecular complexity index is 668. The zero-order valence-corrected chi connectivity index (χ0v) is 21.0. The van der Waals surface area contributed by atoms with E-state index in [4.69, 9.17) is 0 Å². The molecular weight excluding hydrogens is 384 g/mol. The number of allylic oxidation sites excluding steroid dienone is 3. The summed E-state index contributed by atoms with van der Waals surface area (Å²) in [7, 11) is 0. The van der Waals surface area contributed by atoms with Gasteiger partial charge in [0, 0.05) is 6.42 Å². The van der Waals surface area contributed by atoms with E-state index in [2.05, 4.69) is 46.4 Å². The third-order valence-corrected chi connectivity index (χ3v) is 8.44. The first-order valence-corrected chi connectivity index (χ1v) is 12.6. The van der Waals surface area contributed by atoms with Crippen LogP contribution in [0.4, 0.5) is 0 Å². The molecular formula is C28H48O3. The highest BCUT2D eigenvalue weighted by molar-refractivity contribution is 5.38. The molecule has 0 aromatic carbocycles. The maximum absolute atomic E-state index is 10.2. The Morgan fingerprint density at radius 2 is 1.90 bits per heavy atom. The van der Waals surface area contributed by atoms with Crippen LogP contribution in [0.1, 0.15) is 99.3 Å². The van der Waals surface area contributed by atoms with Crippen LogP contribution in [0.3, 0.4) is 0 Å². The lowest BCUT2D eigenvalue weighted by Crippen LogP contribution is -2.40. The molecule has 3 unspecified atom stereocenters. The monoisotopic (exact) mass is 432 g/mol. The fourth-order valence-corrected chi connectivity index (χ4v) is 6.14. The first-order chi connectivity index (χ1) is 14.4. The molecule has 3 nitrogen and oxygen atoms in total. The van der Waals surface area contributed by atoms with E-state index in [1.54, 1.807) is 0 Å². The molecule has 2 rings (SSSR count). The molecule has 0 radical (unpaired) electrons. The summed E-state index contributed by atoms with van der Waals surface area (Å²) >= 11 is 0. The van der Waals surface area contributed by atoms with Crippen LogP contribution < -0.4 is 0 Å². The Labute approximate surface area is 191 Å². The fraction of sp³-hybridized carbons (Fsp3) is 0.786. The van der Waals surface area contributed by atoms with E-state index in [1.165, 1.54) is 18.4 Å². The van der Waals surface area contributed by atoms with Gasteiger partial charge in [-0.05, 0) is 86.7 Å². The number of rotatable bonds is 8. The van der Waals surface area contributed by atoms with Crippen LogP contribution in [0.5, 0.6) is 0 Å². The summed E-state index contributed by atoms with van der Waals surface area (Å²) in [6.45, 7) is 17.5. The Kier molecular flexibility index (Phi) is 9.19. The van der Waals surface area contributed by atoms with Gasteiger partial charge in [0.1, 0.15) is 0 Å². The van der Waals surface area contributed by atoms with Crippen LogP contribution in [0.25, 0.3) is 0 Å². The highest BCUT2D eigenvalue weighted by Crippen LogP contribution is 2.53. The lowest BCUT2D eigenvalue weighted by Gasteiger charge is -2.49. The number of hydrogen-bond donors (Lipinski definition) is 3. The van der Waals surface area contributed by atoms with Gasteiger partial charge in [0.2, 0.25) is 0 Å². The second kappa shape index (κ2) is 10.8. The zero-order valence-electron chi connectivity index (χ0n) is 21.0. The summed E-state index contributed by atoms with van der Waals surface area (Å²) in [5.41, 5.74) is 2.98. The van der Waals surface area contributed by atoms with Gasteiger partial charge < -0.3 is 15.3 Å². The van der Waals surface area contributed by atoms with Gasteiger partial charge in [-0.3, -0.25) is 0 Å². The first kappa shape index (κ1) is 26.4. The largest absolute Gasteiger partial charge is 0.393 e. The molecule has 6 atom stereocenters. The molecule has 0 heterocycles. The quantitative estimate of drug-likeness (QED) is 0.419. The van der Waals surface area contributed by atoms with Gasteiger partial charge in [0.25, 0.3) is 0 Å². The van der Waals surface area contributed by atoms with E-state index < -0.39 is 17.8 Å². The van der Waals surface area contributed by atoms with Gasteiger partial charge in [-0.2, -0.15) is 0 Å². The number of hydrogen-bond acceptors (Lipinski definition) is 3. The normalized spacial score (nSPS) is 34.9. The van der Waals surface area contributed by atoms with E-state index >= 15 is 0 Å². The molecule has 2 aliphatic carbocycles.